The highest BCUT2D eigenvalue weighted by atomic mass is 19.4. The first kappa shape index (κ1) is 16.4. The molecule has 0 atom stereocenters. The van der Waals surface area contributed by atoms with Gasteiger partial charge in [0, 0.05) is 0 Å². The summed E-state index contributed by atoms with van der Waals surface area (Å²) in [4.78, 5) is 0. The first-order valence-electron chi connectivity index (χ1n) is 6.37. The largest absolute Gasteiger partial charge is 0.416 e. The van der Waals surface area contributed by atoms with Crippen LogP contribution in [0.25, 0.3) is 11.1 Å². The predicted molar refractivity (Wildman–Crippen MR) is 71.4 cm³/mol. The highest BCUT2D eigenvalue weighted by Gasteiger charge is 2.34. The molecule has 0 saturated carbocycles. The van der Waals surface area contributed by atoms with E-state index in [4.69, 9.17) is 0 Å². The summed E-state index contributed by atoms with van der Waals surface area (Å²) >= 11 is 0. The van der Waals surface area contributed by atoms with Crippen LogP contribution in [0.4, 0.5) is 26.3 Å². The predicted octanol–water partition coefficient (Wildman–Crippen LogP) is 6.01. The molecule has 0 aliphatic carbocycles. The average molecular weight is 318 g/mol. The van der Waals surface area contributed by atoms with Crippen molar-refractivity contribution < 1.29 is 26.3 Å². The van der Waals surface area contributed by atoms with Gasteiger partial charge < -0.3 is 0 Å². The smallest absolute Gasteiger partial charge is 0.166 e. The Morgan fingerprint density at radius 1 is 0.727 bits per heavy atom. The Morgan fingerprint density at radius 2 is 1.32 bits per heavy atom. The summed E-state index contributed by atoms with van der Waals surface area (Å²) in [6.07, 6.45) is -9.09. The van der Waals surface area contributed by atoms with Crippen LogP contribution in [0.2, 0.25) is 0 Å². The minimum atomic E-state index is -4.55. The van der Waals surface area contributed by atoms with Crippen LogP contribution in [0, 0.1) is 13.8 Å². The molecule has 22 heavy (non-hydrogen) atoms. The standard InChI is InChI=1S/C16H12F6/c1-9-6-7-11(8-14(9)16(20,21)22)12-4-3-5-13(10(12)2)15(17,18)19/h3-8H,1-2H3. The Hall–Kier alpha value is -1.98. The Morgan fingerprint density at radius 3 is 1.86 bits per heavy atom. The quantitative estimate of drug-likeness (QED) is 0.565. The van der Waals surface area contributed by atoms with Crippen LogP contribution in [0.5, 0.6) is 0 Å². The summed E-state index contributed by atoms with van der Waals surface area (Å²) in [5.74, 6) is 0. The van der Waals surface area contributed by atoms with Crippen LogP contribution < -0.4 is 0 Å². The fraction of sp³-hybridized carbons (Fsp3) is 0.250. The van der Waals surface area contributed by atoms with Crippen LogP contribution in [0.1, 0.15) is 22.3 Å². The minimum absolute atomic E-state index is 0.0286. The minimum Gasteiger partial charge on any atom is -0.166 e. The summed E-state index contributed by atoms with van der Waals surface area (Å²) in [7, 11) is 0. The maximum atomic E-state index is 12.9. The second-order valence-corrected chi connectivity index (χ2v) is 5.00. The topological polar surface area (TPSA) is 0 Å². The van der Waals surface area contributed by atoms with Gasteiger partial charge in [0.1, 0.15) is 0 Å². The first-order chi connectivity index (χ1) is 10.0. The molecule has 0 spiro atoms. The van der Waals surface area contributed by atoms with Gasteiger partial charge in [-0.2, -0.15) is 26.3 Å². The number of benzene rings is 2. The molecule has 0 aliphatic heterocycles. The zero-order valence-corrected chi connectivity index (χ0v) is 11.7. The fourth-order valence-corrected chi connectivity index (χ4v) is 2.35. The van der Waals surface area contributed by atoms with E-state index < -0.39 is 23.5 Å². The number of hydrogen-bond donors (Lipinski definition) is 0. The molecule has 0 aromatic heterocycles. The van der Waals surface area contributed by atoms with E-state index in [0.29, 0.717) is 0 Å². The van der Waals surface area contributed by atoms with Crippen molar-refractivity contribution >= 4 is 0 Å². The molecule has 0 saturated heterocycles. The van der Waals surface area contributed by atoms with E-state index in [-0.39, 0.29) is 22.3 Å². The molecule has 0 unspecified atom stereocenters. The van der Waals surface area contributed by atoms with E-state index in [2.05, 4.69) is 0 Å². The molecule has 0 aliphatic rings. The lowest BCUT2D eigenvalue weighted by Crippen LogP contribution is -2.09. The third-order valence-electron chi connectivity index (χ3n) is 3.49. The maximum Gasteiger partial charge on any atom is 0.416 e. The van der Waals surface area contributed by atoms with Crippen molar-refractivity contribution in [2.45, 2.75) is 26.2 Å². The van der Waals surface area contributed by atoms with E-state index in [9.17, 15) is 26.3 Å². The Kier molecular flexibility index (Phi) is 3.98. The third-order valence-corrected chi connectivity index (χ3v) is 3.49. The normalized spacial score (nSPS) is 12.5. The summed E-state index contributed by atoms with van der Waals surface area (Å²) in [6.45, 7) is 2.57. The monoisotopic (exact) mass is 318 g/mol. The van der Waals surface area contributed by atoms with E-state index in [1.54, 1.807) is 0 Å². The summed E-state index contributed by atoms with van der Waals surface area (Å²) in [5, 5.41) is 0. The van der Waals surface area contributed by atoms with Gasteiger partial charge >= 0.3 is 12.4 Å². The molecular weight excluding hydrogens is 306 g/mol. The van der Waals surface area contributed by atoms with Crippen LogP contribution in [0.15, 0.2) is 36.4 Å². The zero-order valence-electron chi connectivity index (χ0n) is 11.7. The summed E-state index contributed by atoms with van der Waals surface area (Å²) < 4.78 is 77.5. The second-order valence-electron chi connectivity index (χ2n) is 5.00. The molecule has 0 amide bonds. The average Bonchev–Trinajstić information content (AvgIpc) is 2.37. The van der Waals surface area contributed by atoms with Gasteiger partial charge in [0.2, 0.25) is 0 Å². The second kappa shape index (κ2) is 5.34. The molecule has 6 heteroatoms. The van der Waals surface area contributed by atoms with Gasteiger partial charge in [0.05, 0.1) is 11.1 Å². The van der Waals surface area contributed by atoms with Crippen molar-refractivity contribution in [1.82, 2.24) is 0 Å². The lowest BCUT2D eigenvalue weighted by Gasteiger charge is -2.16. The Labute approximate surface area is 123 Å². The zero-order chi connectivity index (χ0) is 16.7. The number of rotatable bonds is 1. The molecule has 0 radical (unpaired) electrons. The Balaban J connectivity index is 2.64. The maximum absolute atomic E-state index is 12.9. The van der Waals surface area contributed by atoms with Crippen LogP contribution in [0.3, 0.4) is 0 Å². The van der Waals surface area contributed by atoms with Crippen molar-refractivity contribution in [3.63, 3.8) is 0 Å². The van der Waals surface area contributed by atoms with Crippen LogP contribution >= 0.6 is 0 Å². The third kappa shape index (κ3) is 3.10. The van der Waals surface area contributed by atoms with Crippen molar-refractivity contribution in [3.8, 4) is 11.1 Å². The van der Waals surface area contributed by atoms with Crippen molar-refractivity contribution in [3.05, 3.63) is 58.7 Å². The molecule has 2 rings (SSSR count). The van der Waals surface area contributed by atoms with Gasteiger partial charge in [-0.3, -0.25) is 0 Å². The van der Waals surface area contributed by atoms with Gasteiger partial charge in [0.25, 0.3) is 0 Å². The number of aryl methyl sites for hydroxylation is 1. The highest BCUT2D eigenvalue weighted by molar-refractivity contribution is 5.70. The van der Waals surface area contributed by atoms with Crippen molar-refractivity contribution in [1.29, 1.82) is 0 Å². The Bertz CT molecular complexity index is 695. The summed E-state index contributed by atoms with van der Waals surface area (Å²) in [5.41, 5.74) is -1.50. The van der Waals surface area contributed by atoms with Gasteiger partial charge in [0.15, 0.2) is 0 Å². The van der Waals surface area contributed by atoms with Crippen LogP contribution in [-0.4, -0.2) is 0 Å². The molecular formula is C16H12F6. The lowest BCUT2D eigenvalue weighted by atomic mass is 9.93. The number of halogens is 6. The van der Waals surface area contributed by atoms with E-state index in [1.807, 2.05) is 0 Å². The van der Waals surface area contributed by atoms with E-state index in [0.717, 1.165) is 12.1 Å². The lowest BCUT2D eigenvalue weighted by molar-refractivity contribution is -0.139. The number of hydrogen-bond acceptors (Lipinski definition) is 0. The fourth-order valence-electron chi connectivity index (χ4n) is 2.35. The number of alkyl halides is 6. The molecule has 2 aromatic carbocycles. The van der Waals surface area contributed by atoms with Gasteiger partial charge in [-0.15, -0.1) is 0 Å². The molecule has 0 bridgehead atoms. The molecule has 0 heterocycles. The van der Waals surface area contributed by atoms with Crippen LogP contribution in [-0.2, 0) is 12.4 Å². The summed E-state index contributed by atoms with van der Waals surface area (Å²) in [6, 6.07) is 7.04. The SMILES string of the molecule is Cc1ccc(-c2cccc(C(F)(F)F)c2C)cc1C(F)(F)F. The van der Waals surface area contributed by atoms with E-state index in [1.165, 1.54) is 38.1 Å². The van der Waals surface area contributed by atoms with Crippen molar-refractivity contribution in [2.75, 3.05) is 0 Å². The molecule has 0 fully saturated rings. The molecule has 118 valence electrons. The molecule has 2 aromatic rings. The molecule has 0 nitrogen and oxygen atoms in total. The first-order valence-corrected chi connectivity index (χ1v) is 6.37. The van der Waals surface area contributed by atoms with Gasteiger partial charge in [-0.05, 0) is 48.2 Å². The van der Waals surface area contributed by atoms with Gasteiger partial charge in [-0.25, -0.2) is 0 Å². The highest BCUT2D eigenvalue weighted by Crippen LogP contribution is 2.38. The molecule has 0 N–H and O–H groups in total. The van der Waals surface area contributed by atoms with Gasteiger partial charge in [-0.1, -0.05) is 24.3 Å². The van der Waals surface area contributed by atoms with E-state index >= 15 is 0 Å². The van der Waals surface area contributed by atoms with Crippen molar-refractivity contribution in [2.24, 2.45) is 0 Å².